The van der Waals surface area contributed by atoms with Crippen molar-refractivity contribution in [1.29, 1.82) is 0 Å². The molecule has 104 valence electrons. The lowest BCUT2D eigenvalue weighted by Gasteiger charge is -2.30. The van der Waals surface area contributed by atoms with Gasteiger partial charge in [0.25, 0.3) is 0 Å². The Bertz CT molecular complexity index is 428. The van der Waals surface area contributed by atoms with Crippen LogP contribution in [0.2, 0.25) is 0 Å². The second-order valence-corrected chi connectivity index (χ2v) is 8.53. The van der Waals surface area contributed by atoms with Gasteiger partial charge in [0, 0.05) is 12.0 Å². The van der Waals surface area contributed by atoms with Gasteiger partial charge in [0.1, 0.15) is 5.69 Å². The molecule has 0 fully saturated rings. The average molecular weight is 354 g/mol. The van der Waals surface area contributed by atoms with Gasteiger partial charge in [-0.25, -0.2) is 4.68 Å². The minimum absolute atomic E-state index is 0.312. The van der Waals surface area contributed by atoms with Crippen LogP contribution in [0.15, 0.2) is 0 Å². The number of hydrogen-bond donors (Lipinski definition) is 0. The smallest absolute Gasteiger partial charge is 0.228 e. The molecule has 1 aromatic rings. The first-order chi connectivity index (χ1) is 7.93. The van der Waals surface area contributed by atoms with Crippen molar-refractivity contribution in [3.8, 4) is 0 Å². The molecule has 0 atom stereocenters. The molecule has 0 aromatic carbocycles. The van der Waals surface area contributed by atoms with E-state index < -0.39 is 8.13 Å². The van der Waals surface area contributed by atoms with Crippen molar-refractivity contribution in [1.82, 2.24) is 15.0 Å². The van der Waals surface area contributed by atoms with Crippen LogP contribution in [0.5, 0.6) is 0 Å². The predicted octanol–water partition coefficient (Wildman–Crippen LogP) is 4.60. The first-order valence-corrected chi connectivity index (χ1v) is 7.21. The SMILES string of the molecule is CCn1nnc(C(C)(C)C)c1C(Cl)(Cl)C(Cl)(Cl)Cl. The predicted molar refractivity (Wildman–Crippen MR) is 78.1 cm³/mol. The molecule has 0 aliphatic rings. The maximum absolute atomic E-state index is 6.24. The van der Waals surface area contributed by atoms with Crippen LogP contribution < -0.4 is 0 Å². The number of aromatic nitrogens is 3. The van der Waals surface area contributed by atoms with E-state index in [-0.39, 0.29) is 5.41 Å². The largest absolute Gasteiger partial charge is 0.246 e. The minimum Gasteiger partial charge on any atom is -0.246 e. The normalized spacial score (nSPS) is 14.1. The van der Waals surface area contributed by atoms with Gasteiger partial charge in [-0.3, -0.25) is 0 Å². The van der Waals surface area contributed by atoms with E-state index in [4.69, 9.17) is 58.0 Å². The molecule has 0 aliphatic carbocycles. The molecule has 0 saturated carbocycles. The molecule has 1 rings (SSSR count). The van der Waals surface area contributed by atoms with Crippen molar-refractivity contribution in [2.24, 2.45) is 0 Å². The lowest BCUT2D eigenvalue weighted by atomic mass is 9.90. The van der Waals surface area contributed by atoms with Gasteiger partial charge in [-0.2, -0.15) is 0 Å². The van der Waals surface area contributed by atoms with Gasteiger partial charge in [0.05, 0.1) is 5.69 Å². The summed E-state index contributed by atoms with van der Waals surface area (Å²) in [5.74, 6) is 0. The van der Waals surface area contributed by atoms with Crippen molar-refractivity contribution in [3.05, 3.63) is 11.4 Å². The second-order valence-electron chi connectivity index (χ2n) is 4.92. The van der Waals surface area contributed by atoms with Crippen LogP contribution in [-0.4, -0.2) is 18.8 Å². The van der Waals surface area contributed by atoms with Gasteiger partial charge < -0.3 is 0 Å². The molecular weight excluding hydrogens is 339 g/mol. The highest BCUT2D eigenvalue weighted by Crippen LogP contribution is 2.54. The van der Waals surface area contributed by atoms with Gasteiger partial charge in [-0.1, -0.05) is 84.0 Å². The summed E-state index contributed by atoms with van der Waals surface area (Å²) in [5, 5.41) is 8.11. The average Bonchev–Trinajstić information content (AvgIpc) is 2.58. The molecule has 1 aromatic heterocycles. The first kappa shape index (κ1) is 16.6. The highest BCUT2D eigenvalue weighted by atomic mass is 35.6. The fraction of sp³-hybridized carbons (Fsp3) is 0.800. The number of aryl methyl sites for hydroxylation is 1. The monoisotopic (exact) mass is 351 g/mol. The van der Waals surface area contributed by atoms with E-state index >= 15 is 0 Å². The topological polar surface area (TPSA) is 30.7 Å². The van der Waals surface area contributed by atoms with Crippen LogP contribution >= 0.6 is 58.0 Å². The quantitative estimate of drug-likeness (QED) is 0.728. The van der Waals surface area contributed by atoms with Crippen LogP contribution in [0.4, 0.5) is 0 Å². The fourth-order valence-corrected chi connectivity index (χ4v) is 2.13. The number of halogens is 5. The highest BCUT2D eigenvalue weighted by Gasteiger charge is 2.52. The molecule has 8 heteroatoms. The minimum atomic E-state index is -1.88. The summed E-state index contributed by atoms with van der Waals surface area (Å²) in [6.45, 7) is 8.29. The van der Waals surface area contributed by atoms with E-state index in [2.05, 4.69) is 10.3 Å². The summed E-state index contributed by atoms with van der Waals surface area (Å²) < 4.78 is -2.06. The molecule has 0 radical (unpaired) electrons. The third-order valence-corrected chi connectivity index (χ3v) is 4.75. The van der Waals surface area contributed by atoms with Crippen LogP contribution in [0.3, 0.4) is 0 Å². The standard InChI is InChI=1S/C10H14Cl5N3/c1-5-18-7(9(11,12)10(13,14)15)6(16-17-18)8(2,3)4/h5H2,1-4H3. The Morgan fingerprint density at radius 1 is 1.06 bits per heavy atom. The zero-order valence-corrected chi connectivity index (χ0v) is 14.2. The Balaban J connectivity index is 3.52. The lowest BCUT2D eigenvalue weighted by molar-refractivity contribution is 0.550. The Morgan fingerprint density at radius 2 is 1.56 bits per heavy atom. The van der Waals surface area contributed by atoms with Gasteiger partial charge in [0.15, 0.2) is 0 Å². The Labute approximate surface area is 132 Å². The van der Waals surface area contributed by atoms with Gasteiger partial charge in [-0.05, 0) is 6.92 Å². The molecule has 1 heterocycles. The van der Waals surface area contributed by atoms with Crippen molar-refractivity contribution in [2.75, 3.05) is 0 Å². The summed E-state index contributed by atoms with van der Waals surface area (Å²) in [5.41, 5.74) is 0.717. The van der Waals surface area contributed by atoms with E-state index in [0.29, 0.717) is 17.9 Å². The van der Waals surface area contributed by atoms with E-state index in [1.807, 2.05) is 27.7 Å². The molecule has 0 spiro atoms. The van der Waals surface area contributed by atoms with Crippen LogP contribution in [-0.2, 0) is 16.3 Å². The molecule has 0 bridgehead atoms. The third kappa shape index (κ3) is 3.01. The maximum Gasteiger partial charge on any atom is 0.228 e. The summed E-state index contributed by atoms with van der Waals surface area (Å²) in [6, 6.07) is 0. The Kier molecular flexibility index (Phi) is 4.78. The number of rotatable bonds is 2. The van der Waals surface area contributed by atoms with E-state index in [9.17, 15) is 0 Å². The Morgan fingerprint density at radius 3 is 1.89 bits per heavy atom. The molecule has 0 aliphatic heterocycles. The first-order valence-electron chi connectivity index (χ1n) is 5.32. The van der Waals surface area contributed by atoms with Crippen molar-refractivity contribution in [2.45, 2.75) is 47.8 Å². The second kappa shape index (κ2) is 5.17. The van der Waals surface area contributed by atoms with Crippen molar-refractivity contribution < 1.29 is 0 Å². The molecule has 0 N–H and O–H groups in total. The van der Waals surface area contributed by atoms with Gasteiger partial charge in [-0.15, -0.1) is 5.10 Å². The molecular formula is C10H14Cl5N3. The molecule has 3 nitrogen and oxygen atoms in total. The van der Waals surface area contributed by atoms with Crippen molar-refractivity contribution in [3.63, 3.8) is 0 Å². The summed E-state index contributed by atoms with van der Waals surface area (Å²) in [7, 11) is 0. The Hall–Kier alpha value is 0.590. The van der Waals surface area contributed by atoms with Crippen LogP contribution in [0, 0.1) is 0 Å². The zero-order chi connectivity index (χ0) is 14.4. The number of nitrogens with zero attached hydrogens (tertiary/aromatic N) is 3. The van der Waals surface area contributed by atoms with Crippen LogP contribution in [0.25, 0.3) is 0 Å². The summed E-state index contributed by atoms with van der Waals surface area (Å²) >= 11 is 30.1. The van der Waals surface area contributed by atoms with Crippen LogP contribution in [0.1, 0.15) is 39.1 Å². The maximum atomic E-state index is 6.24. The van der Waals surface area contributed by atoms with E-state index in [1.54, 1.807) is 4.68 Å². The molecule has 0 amide bonds. The third-order valence-electron chi connectivity index (χ3n) is 2.40. The molecule has 0 saturated heterocycles. The van der Waals surface area contributed by atoms with E-state index in [0.717, 1.165) is 0 Å². The molecule has 0 unspecified atom stereocenters. The van der Waals surface area contributed by atoms with Gasteiger partial charge >= 0.3 is 0 Å². The number of hydrogen-bond acceptors (Lipinski definition) is 2. The summed E-state index contributed by atoms with van der Waals surface area (Å²) in [6.07, 6.45) is 0. The summed E-state index contributed by atoms with van der Waals surface area (Å²) in [4.78, 5) is 0. The zero-order valence-electron chi connectivity index (χ0n) is 10.4. The highest BCUT2D eigenvalue weighted by molar-refractivity contribution is 6.75. The molecule has 18 heavy (non-hydrogen) atoms. The fourth-order valence-electron chi connectivity index (χ4n) is 1.48. The number of alkyl halides is 5. The van der Waals surface area contributed by atoms with Gasteiger partial charge in [0.2, 0.25) is 8.13 Å². The van der Waals surface area contributed by atoms with E-state index in [1.165, 1.54) is 0 Å². The van der Waals surface area contributed by atoms with Crippen molar-refractivity contribution >= 4 is 58.0 Å². The lowest BCUT2D eigenvalue weighted by Crippen LogP contribution is -2.34.